The van der Waals surface area contributed by atoms with Crippen molar-refractivity contribution in [1.82, 2.24) is 0 Å². The Morgan fingerprint density at radius 1 is 1.07 bits per heavy atom. The maximum atomic E-state index is 10.5. The molecule has 1 aliphatic rings. The fourth-order valence-corrected chi connectivity index (χ4v) is 4.16. The van der Waals surface area contributed by atoms with Crippen molar-refractivity contribution >= 4 is 5.97 Å². The van der Waals surface area contributed by atoms with E-state index in [9.17, 15) is 20.1 Å². The monoisotopic (exact) mass is 390 g/mol. The minimum Gasteiger partial charge on any atom is -0.481 e. The average Bonchev–Trinajstić information content (AvgIpc) is 2.94. The van der Waals surface area contributed by atoms with Gasteiger partial charge in [-0.1, -0.05) is 42.5 Å². The van der Waals surface area contributed by atoms with E-state index in [0.29, 0.717) is 44.9 Å². The second-order valence-corrected chi connectivity index (χ2v) is 7.95. The summed E-state index contributed by atoms with van der Waals surface area (Å²) in [5, 5.41) is 39.6. The molecule has 1 fully saturated rings. The van der Waals surface area contributed by atoms with Crippen molar-refractivity contribution in [3.05, 3.63) is 48.0 Å². The SMILES string of the molecule is O=C(O)CCC/C=C\CC1C(O)CC(O)C1CC[C@@H](O)CCc1ccccc1. The van der Waals surface area contributed by atoms with E-state index in [4.69, 9.17) is 5.11 Å². The first kappa shape index (κ1) is 22.6. The molecule has 1 saturated carbocycles. The molecular formula is C23H34O5. The molecule has 0 spiro atoms. The first-order valence-corrected chi connectivity index (χ1v) is 10.4. The van der Waals surface area contributed by atoms with Gasteiger partial charge in [-0.2, -0.15) is 0 Å². The highest BCUT2D eigenvalue weighted by Gasteiger charge is 2.40. The fraction of sp³-hybridized carbons (Fsp3) is 0.609. The first-order valence-electron chi connectivity index (χ1n) is 10.4. The lowest BCUT2D eigenvalue weighted by Crippen LogP contribution is -2.23. The van der Waals surface area contributed by atoms with Gasteiger partial charge >= 0.3 is 5.97 Å². The molecule has 1 aliphatic carbocycles. The van der Waals surface area contributed by atoms with Crippen LogP contribution in [-0.4, -0.2) is 44.7 Å². The van der Waals surface area contributed by atoms with Crippen LogP contribution in [0.4, 0.5) is 0 Å². The Bertz CT molecular complexity index is 600. The second-order valence-electron chi connectivity index (χ2n) is 7.95. The van der Waals surface area contributed by atoms with E-state index >= 15 is 0 Å². The number of carbonyl (C=O) groups is 1. The molecular weight excluding hydrogens is 356 g/mol. The van der Waals surface area contributed by atoms with Crippen molar-refractivity contribution in [1.29, 1.82) is 0 Å². The summed E-state index contributed by atoms with van der Waals surface area (Å²) < 4.78 is 0. The van der Waals surface area contributed by atoms with Crippen molar-refractivity contribution in [3.8, 4) is 0 Å². The number of allylic oxidation sites excluding steroid dienone is 2. The molecule has 0 radical (unpaired) electrons. The van der Waals surface area contributed by atoms with E-state index in [0.717, 1.165) is 6.42 Å². The summed E-state index contributed by atoms with van der Waals surface area (Å²) in [6.45, 7) is 0. The molecule has 0 aromatic heterocycles. The van der Waals surface area contributed by atoms with E-state index < -0.39 is 24.3 Å². The highest BCUT2D eigenvalue weighted by molar-refractivity contribution is 5.66. The number of carboxylic acids is 1. The summed E-state index contributed by atoms with van der Waals surface area (Å²) in [6.07, 6.45) is 7.91. The van der Waals surface area contributed by atoms with Gasteiger partial charge in [0.05, 0.1) is 18.3 Å². The molecule has 1 aromatic rings. The van der Waals surface area contributed by atoms with Gasteiger partial charge in [0.2, 0.25) is 0 Å². The summed E-state index contributed by atoms with van der Waals surface area (Å²) in [4.78, 5) is 10.5. The number of aliphatic carboxylic acids is 1. The molecule has 1 aromatic carbocycles. The number of rotatable bonds is 12. The molecule has 0 aliphatic heterocycles. The number of hydrogen-bond acceptors (Lipinski definition) is 4. The van der Waals surface area contributed by atoms with Crippen molar-refractivity contribution in [2.45, 2.75) is 76.1 Å². The molecule has 5 nitrogen and oxygen atoms in total. The molecule has 0 saturated heterocycles. The minimum atomic E-state index is -0.784. The lowest BCUT2D eigenvalue weighted by atomic mass is 9.85. The third-order valence-corrected chi connectivity index (χ3v) is 5.80. The van der Waals surface area contributed by atoms with Crippen molar-refractivity contribution < 1.29 is 25.2 Å². The third-order valence-electron chi connectivity index (χ3n) is 5.80. The lowest BCUT2D eigenvalue weighted by molar-refractivity contribution is -0.137. The van der Waals surface area contributed by atoms with Gasteiger partial charge in [-0.05, 0) is 68.8 Å². The van der Waals surface area contributed by atoms with Gasteiger partial charge in [-0.3, -0.25) is 4.79 Å². The van der Waals surface area contributed by atoms with Crippen LogP contribution in [0.3, 0.4) is 0 Å². The van der Waals surface area contributed by atoms with Gasteiger partial charge in [-0.25, -0.2) is 0 Å². The fourth-order valence-electron chi connectivity index (χ4n) is 4.16. The Morgan fingerprint density at radius 2 is 1.79 bits per heavy atom. The molecule has 2 rings (SSSR count). The predicted molar refractivity (Wildman–Crippen MR) is 109 cm³/mol. The maximum absolute atomic E-state index is 10.5. The molecule has 4 N–H and O–H groups in total. The Balaban J connectivity index is 1.74. The van der Waals surface area contributed by atoms with Crippen LogP contribution in [0.25, 0.3) is 0 Å². The van der Waals surface area contributed by atoms with E-state index in [1.165, 1.54) is 5.56 Å². The Labute approximate surface area is 167 Å². The topological polar surface area (TPSA) is 98.0 Å². The highest BCUT2D eigenvalue weighted by atomic mass is 16.4. The largest absolute Gasteiger partial charge is 0.481 e. The van der Waals surface area contributed by atoms with E-state index in [1.807, 2.05) is 30.4 Å². The first-order chi connectivity index (χ1) is 13.5. The Morgan fingerprint density at radius 3 is 2.50 bits per heavy atom. The zero-order valence-corrected chi connectivity index (χ0v) is 16.5. The van der Waals surface area contributed by atoms with Crippen LogP contribution < -0.4 is 0 Å². The van der Waals surface area contributed by atoms with Crippen molar-refractivity contribution in [2.24, 2.45) is 11.8 Å². The zero-order chi connectivity index (χ0) is 20.4. The summed E-state index contributed by atoms with van der Waals surface area (Å²) in [5.41, 5.74) is 1.21. The summed E-state index contributed by atoms with van der Waals surface area (Å²) in [7, 11) is 0. The number of hydrogen-bond donors (Lipinski definition) is 4. The van der Waals surface area contributed by atoms with Gasteiger partial charge in [0.25, 0.3) is 0 Å². The summed E-state index contributed by atoms with van der Waals surface area (Å²) >= 11 is 0. The number of benzene rings is 1. The van der Waals surface area contributed by atoms with Gasteiger partial charge in [0.15, 0.2) is 0 Å². The highest BCUT2D eigenvalue weighted by Crippen LogP contribution is 2.38. The van der Waals surface area contributed by atoms with Crippen molar-refractivity contribution in [3.63, 3.8) is 0 Å². The Kier molecular flexibility index (Phi) is 9.68. The molecule has 5 atom stereocenters. The number of carboxylic acid groups (broad SMARTS) is 1. The molecule has 0 amide bonds. The van der Waals surface area contributed by atoms with Gasteiger partial charge < -0.3 is 20.4 Å². The number of aliphatic hydroxyl groups excluding tert-OH is 3. The van der Waals surface area contributed by atoms with Crippen LogP contribution in [0.15, 0.2) is 42.5 Å². The van der Waals surface area contributed by atoms with Crippen LogP contribution in [0, 0.1) is 11.8 Å². The Hall–Kier alpha value is -1.69. The molecule has 0 bridgehead atoms. The van der Waals surface area contributed by atoms with Crippen LogP contribution in [-0.2, 0) is 11.2 Å². The smallest absolute Gasteiger partial charge is 0.303 e. The summed E-state index contributed by atoms with van der Waals surface area (Å²) in [5.74, 6) is -0.800. The van der Waals surface area contributed by atoms with E-state index in [-0.39, 0.29) is 18.3 Å². The standard InChI is InChI=1S/C23H34O5/c24-18(13-12-17-8-4-3-5-9-17)14-15-20-19(21(25)16-22(20)26)10-6-1-2-7-11-23(27)28/h1,3-6,8-9,18-22,24-26H,2,7,10-16H2,(H,27,28)/b6-1-/t18-,19?,20?,21?,22?/m0/s1. The summed E-state index contributed by atoms with van der Waals surface area (Å²) in [6, 6.07) is 10.1. The van der Waals surface area contributed by atoms with Gasteiger partial charge in [0.1, 0.15) is 0 Å². The van der Waals surface area contributed by atoms with Gasteiger partial charge in [0, 0.05) is 6.42 Å². The number of aliphatic hydroxyl groups is 3. The predicted octanol–water partition coefficient (Wildman–Crippen LogP) is 3.32. The minimum absolute atomic E-state index is 0.00736. The maximum Gasteiger partial charge on any atom is 0.303 e. The van der Waals surface area contributed by atoms with E-state index in [2.05, 4.69) is 12.1 Å². The van der Waals surface area contributed by atoms with Crippen molar-refractivity contribution in [2.75, 3.05) is 0 Å². The molecule has 156 valence electrons. The lowest BCUT2D eigenvalue weighted by Gasteiger charge is -2.23. The molecule has 5 heteroatoms. The molecule has 4 unspecified atom stereocenters. The van der Waals surface area contributed by atoms with E-state index in [1.54, 1.807) is 0 Å². The number of aryl methyl sites for hydroxylation is 1. The third kappa shape index (κ3) is 7.74. The normalized spacial score (nSPS) is 26.0. The molecule has 28 heavy (non-hydrogen) atoms. The average molecular weight is 391 g/mol. The van der Waals surface area contributed by atoms with Crippen LogP contribution in [0.5, 0.6) is 0 Å². The van der Waals surface area contributed by atoms with Crippen LogP contribution >= 0.6 is 0 Å². The van der Waals surface area contributed by atoms with Crippen LogP contribution in [0.2, 0.25) is 0 Å². The van der Waals surface area contributed by atoms with Crippen LogP contribution in [0.1, 0.15) is 56.9 Å². The van der Waals surface area contributed by atoms with Gasteiger partial charge in [-0.15, -0.1) is 0 Å². The molecule has 0 heterocycles. The number of unbranched alkanes of at least 4 members (excludes halogenated alkanes) is 1. The second kappa shape index (κ2) is 12.0. The quantitative estimate of drug-likeness (QED) is 0.324. The zero-order valence-electron chi connectivity index (χ0n) is 16.5.